The largest absolute Gasteiger partial charge is 0.495 e. The first-order chi connectivity index (χ1) is 15.0. The average Bonchev–Trinajstić information content (AvgIpc) is 3.44. The molecule has 3 aromatic rings. The Bertz CT molecular complexity index is 1110. The van der Waals surface area contributed by atoms with E-state index >= 15 is 0 Å². The third kappa shape index (κ3) is 4.78. The van der Waals surface area contributed by atoms with Crippen molar-refractivity contribution < 1.29 is 14.3 Å². The van der Waals surface area contributed by atoms with Crippen LogP contribution in [0.15, 0.2) is 48.5 Å². The molecule has 0 spiro atoms. The number of para-hydroxylation sites is 2. The molecule has 1 fully saturated rings. The van der Waals surface area contributed by atoms with Gasteiger partial charge in [-0.2, -0.15) is 0 Å². The molecule has 1 saturated heterocycles. The van der Waals surface area contributed by atoms with E-state index in [-0.39, 0.29) is 23.0 Å². The van der Waals surface area contributed by atoms with Crippen LogP contribution < -0.4 is 15.4 Å². The van der Waals surface area contributed by atoms with Crippen LogP contribution in [0.2, 0.25) is 5.02 Å². The molecule has 10 heteroatoms. The highest BCUT2D eigenvalue weighted by Crippen LogP contribution is 2.35. The number of nitrogens with one attached hydrogen (secondary N) is 2. The molecule has 1 aliphatic heterocycles. The molecule has 0 saturated carbocycles. The molecule has 1 atom stereocenters. The number of methoxy groups -OCH3 is 1. The molecule has 2 heterocycles. The van der Waals surface area contributed by atoms with E-state index in [0.29, 0.717) is 33.7 Å². The van der Waals surface area contributed by atoms with Crippen molar-refractivity contribution in [3.05, 3.63) is 63.6 Å². The van der Waals surface area contributed by atoms with Gasteiger partial charge in [0.25, 0.3) is 5.91 Å². The highest BCUT2D eigenvalue weighted by molar-refractivity contribution is 7.13. The maximum atomic E-state index is 12.9. The van der Waals surface area contributed by atoms with Crippen LogP contribution in [0.4, 0.5) is 16.2 Å². The molecule has 0 radical (unpaired) electrons. The summed E-state index contributed by atoms with van der Waals surface area (Å²) in [5, 5.41) is 15.3. The van der Waals surface area contributed by atoms with Gasteiger partial charge in [0.1, 0.15) is 10.8 Å². The second-order valence-corrected chi connectivity index (χ2v) is 8.34. The van der Waals surface area contributed by atoms with Crippen LogP contribution in [0.5, 0.6) is 5.75 Å². The van der Waals surface area contributed by atoms with Crippen molar-refractivity contribution in [2.24, 2.45) is 0 Å². The van der Waals surface area contributed by atoms with E-state index in [1.807, 2.05) is 12.1 Å². The Labute approximate surface area is 188 Å². The highest BCUT2D eigenvalue weighted by atomic mass is 35.5. The Hall–Kier alpha value is -3.17. The summed E-state index contributed by atoms with van der Waals surface area (Å²) in [4.78, 5) is 27.1. The number of anilines is 2. The minimum absolute atomic E-state index is 0.229. The van der Waals surface area contributed by atoms with E-state index in [1.165, 1.54) is 11.3 Å². The quantitative estimate of drug-likeness (QED) is 0.572. The molecular weight excluding hydrogens is 438 g/mol. The first-order valence-corrected chi connectivity index (χ1v) is 10.9. The molecule has 3 amide bonds. The van der Waals surface area contributed by atoms with Crippen molar-refractivity contribution in [3.8, 4) is 5.75 Å². The van der Waals surface area contributed by atoms with Crippen LogP contribution in [0.3, 0.4) is 0 Å². The minimum Gasteiger partial charge on any atom is -0.495 e. The van der Waals surface area contributed by atoms with Crippen molar-refractivity contribution in [2.75, 3.05) is 24.3 Å². The molecule has 1 aromatic heterocycles. The standard InChI is InChI=1S/C21H20ClN5O3S/c1-30-17-10-3-2-8-15(17)24-21(29)27-11-5-9-16(27)19-25-26-20(31-19)18(28)23-14-7-4-6-13(22)12-14/h2-4,6-8,10,12,16H,5,9,11H2,1H3,(H,23,28)(H,24,29). The maximum Gasteiger partial charge on any atom is 0.322 e. The first-order valence-electron chi connectivity index (χ1n) is 9.66. The molecule has 1 unspecified atom stereocenters. The fourth-order valence-corrected chi connectivity index (χ4v) is 4.49. The summed E-state index contributed by atoms with van der Waals surface area (Å²) in [5.74, 6) is 0.219. The van der Waals surface area contributed by atoms with Crippen molar-refractivity contribution in [1.29, 1.82) is 0 Å². The van der Waals surface area contributed by atoms with Gasteiger partial charge in [0.2, 0.25) is 5.01 Å². The molecule has 160 valence electrons. The molecule has 1 aliphatic rings. The fraction of sp³-hybridized carbons (Fsp3) is 0.238. The second-order valence-electron chi connectivity index (χ2n) is 6.89. The Morgan fingerprint density at radius 1 is 1.16 bits per heavy atom. The van der Waals surface area contributed by atoms with Gasteiger partial charge in [-0.15, -0.1) is 10.2 Å². The van der Waals surface area contributed by atoms with Crippen molar-refractivity contribution in [1.82, 2.24) is 15.1 Å². The number of halogens is 1. The number of carbonyl (C=O) groups is 2. The summed E-state index contributed by atoms with van der Waals surface area (Å²) in [6.07, 6.45) is 1.59. The molecule has 8 nitrogen and oxygen atoms in total. The van der Waals surface area contributed by atoms with E-state index < -0.39 is 0 Å². The molecule has 0 aliphatic carbocycles. The molecule has 2 aromatic carbocycles. The maximum absolute atomic E-state index is 12.9. The monoisotopic (exact) mass is 457 g/mol. The van der Waals surface area contributed by atoms with Gasteiger partial charge in [-0.25, -0.2) is 4.79 Å². The average molecular weight is 458 g/mol. The fourth-order valence-electron chi connectivity index (χ4n) is 3.41. The van der Waals surface area contributed by atoms with Gasteiger partial charge in [0.15, 0.2) is 0 Å². The lowest BCUT2D eigenvalue weighted by Crippen LogP contribution is -2.34. The number of ether oxygens (including phenoxy) is 1. The Morgan fingerprint density at radius 2 is 2.00 bits per heavy atom. The Kier molecular flexibility index (Phi) is 6.34. The van der Waals surface area contributed by atoms with E-state index in [9.17, 15) is 9.59 Å². The number of nitrogens with zero attached hydrogens (tertiary/aromatic N) is 3. The van der Waals surface area contributed by atoms with Crippen LogP contribution in [-0.4, -0.2) is 40.7 Å². The SMILES string of the molecule is COc1ccccc1NC(=O)N1CCCC1c1nnc(C(=O)Nc2cccc(Cl)c2)s1. The molecular formula is C21H20ClN5O3S. The molecule has 2 N–H and O–H groups in total. The number of hydrogen-bond acceptors (Lipinski definition) is 6. The minimum atomic E-state index is -0.367. The van der Waals surface area contributed by atoms with Gasteiger partial charge >= 0.3 is 6.03 Å². The summed E-state index contributed by atoms with van der Waals surface area (Å²) in [6, 6.07) is 13.6. The van der Waals surface area contributed by atoms with Gasteiger partial charge in [-0.1, -0.05) is 41.1 Å². The number of benzene rings is 2. The summed E-state index contributed by atoms with van der Waals surface area (Å²) in [7, 11) is 1.56. The van der Waals surface area contributed by atoms with Gasteiger partial charge in [-0.3, -0.25) is 4.79 Å². The Morgan fingerprint density at radius 3 is 2.81 bits per heavy atom. The third-order valence-corrected chi connectivity index (χ3v) is 6.12. The molecule has 4 rings (SSSR count). The third-order valence-electron chi connectivity index (χ3n) is 4.86. The molecule has 31 heavy (non-hydrogen) atoms. The van der Waals surface area contributed by atoms with Gasteiger partial charge in [0.05, 0.1) is 18.8 Å². The summed E-state index contributed by atoms with van der Waals surface area (Å²) >= 11 is 7.14. The number of carbonyl (C=O) groups excluding carboxylic acids is 2. The number of hydrogen-bond donors (Lipinski definition) is 2. The van der Waals surface area contributed by atoms with Crippen LogP contribution >= 0.6 is 22.9 Å². The zero-order chi connectivity index (χ0) is 21.8. The zero-order valence-corrected chi connectivity index (χ0v) is 18.2. The number of urea groups is 1. The van der Waals surface area contributed by atoms with Gasteiger partial charge in [-0.05, 0) is 43.2 Å². The second kappa shape index (κ2) is 9.32. The summed E-state index contributed by atoms with van der Waals surface area (Å²) in [5.41, 5.74) is 1.17. The van der Waals surface area contributed by atoms with E-state index in [0.717, 1.165) is 12.8 Å². The summed E-state index contributed by atoms with van der Waals surface area (Å²) in [6.45, 7) is 0.593. The van der Waals surface area contributed by atoms with E-state index in [4.69, 9.17) is 16.3 Å². The van der Waals surface area contributed by atoms with Gasteiger partial charge < -0.3 is 20.3 Å². The highest BCUT2D eigenvalue weighted by Gasteiger charge is 2.33. The number of likely N-dealkylation sites (tertiary alicyclic amines) is 1. The number of rotatable bonds is 5. The first kappa shape index (κ1) is 21.1. The zero-order valence-electron chi connectivity index (χ0n) is 16.7. The topological polar surface area (TPSA) is 96.4 Å². The van der Waals surface area contributed by atoms with Crippen LogP contribution in [0.25, 0.3) is 0 Å². The van der Waals surface area contributed by atoms with Crippen LogP contribution in [0.1, 0.15) is 33.7 Å². The number of aromatic nitrogens is 2. The number of amides is 3. The lowest BCUT2D eigenvalue weighted by atomic mass is 10.2. The van der Waals surface area contributed by atoms with Gasteiger partial charge in [0, 0.05) is 17.3 Å². The summed E-state index contributed by atoms with van der Waals surface area (Å²) < 4.78 is 5.30. The van der Waals surface area contributed by atoms with E-state index in [1.54, 1.807) is 48.4 Å². The lowest BCUT2D eigenvalue weighted by Gasteiger charge is -2.23. The van der Waals surface area contributed by atoms with Crippen LogP contribution in [0, 0.1) is 0 Å². The molecule has 0 bridgehead atoms. The van der Waals surface area contributed by atoms with Crippen molar-refractivity contribution in [3.63, 3.8) is 0 Å². The lowest BCUT2D eigenvalue weighted by molar-refractivity contribution is 0.102. The van der Waals surface area contributed by atoms with Crippen LogP contribution in [-0.2, 0) is 0 Å². The smallest absolute Gasteiger partial charge is 0.322 e. The van der Waals surface area contributed by atoms with Crippen molar-refractivity contribution >= 4 is 46.3 Å². The van der Waals surface area contributed by atoms with E-state index in [2.05, 4.69) is 20.8 Å². The Balaban J connectivity index is 1.46. The predicted molar refractivity (Wildman–Crippen MR) is 120 cm³/mol. The van der Waals surface area contributed by atoms with Crippen molar-refractivity contribution in [2.45, 2.75) is 18.9 Å². The normalized spacial score (nSPS) is 15.5. The predicted octanol–water partition coefficient (Wildman–Crippen LogP) is 4.82.